The molecule has 134 valence electrons. The third kappa shape index (κ3) is 3.46. The quantitative estimate of drug-likeness (QED) is 0.726. The highest BCUT2D eigenvalue weighted by Crippen LogP contribution is 2.40. The number of rotatable bonds is 5. The van der Waals surface area contributed by atoms with Gasteiger partial charge in [-0.05, 0) is 47.5 Å². The maximum absolute atomic E-state index is 12.8. The van der Waals surface area contributed by atoms with Gasteiger partial charge in [0, 0.05) is 6.07 Å². The van der Waals surface area contributed by atoms with Gasteiger partial charge in [-0.15, -0.1) is 0 Å². The summed E-state index contributed by atoms with van der Waals surface area (Å²) in [6, 6.07) is 12.9. The fourth-order valence-corrected chi connectivity index (χ4v) is 3.48. The van der Waals surface area contributed by atoms with E-state index in [9.17, 15) is 9.59 Å². The minimum absolute atomic E-state index is 0.352. The van der Waals surface area contributed by atoms with Crippen molar-refractivity contribution < 1.29 is 19.1 Å². The minimum Gasteiger partial charge on any atom is -0.497 e. The van der Waals surface area contributed by atoms with Crippen LogP contribution in [0, 0.1) is 0 Å². The molecule has 1 heterocycles. The first kappa shape index (κ1) is 18.1. The molecule has 0 unspecified atom stereocenters. The van der Waals surface area contributed by atoms with Crippen molar-refractivity contribution in [3.8, 4) is 11.5 Å². The van der Waals surface area contributed by atoms with E-state index in [0.29, 0.717) is 22.1 Å². The van der Waals surface area contributed by atoms with Gasteiger partial charge in [0.05, 0.1) is 24.8 Å². The van der Waals surface area contributed by atoms with Crippen LogP contribution in [0.5, 0.6) is 11.5 Å². The maximum Gasteiger partial charge on any atom is 0.298 e. The molecule has 0 spiro atoms. The molecule has 1 saturated heterocycles. The summed E-state index contributed by atoms with van der Waals surface area (Å²) in [4.78, 5) is 26.8. The first-order valence-corrected chi connectivity index (χ1v) is 8.98. The topological polar surface area (TPSA) is 55.8 Å². The van der Waals surface area contributed by atoms with E-state index in [1.165, 1.54) is 12.7 Å². The first-order chi connectivity index (χ1) is 12.6. The van der Waals surface area contributed by atoms with Gasteiger partial charge in [-0.1, -0.05) is 31.2 Å². The van der Waals surface area contributed by atoms with Crippen molar-refractivity contribution in [2.75, 3.05) is 19.1 Å². The lowest BCUT2D eigenvalue weighted by atomic mass is 10.1. The van der Waals surface area contributed by atoms with Crippen LogP contribution in [0.2, 0.25) is 0 Å². The molecule has 26 heavy (non-hydrogen) atoms. The molecular weight excluding hydrogens is 350 g/mol. The summed E-state index contributed by atoms with van der Waals surface area (Å²) in [5.41, 5.74) is 2.51. The zero-order chi connectivity index (χ0) is 18.7. The lowest BCUT2D eigenvalue weighted by molar-refractivity contribution is -0.113. The molecule has 3 rings (SSSR count). The number of carbonyl (C=O) groups excluding carboxylic acids is 2. The number of nitrogens with zero attached hydrogens (tertiary/aromatic N) is 1. The van der Waals surface area contributed by atoms with Gasteiger partial charge < -0.3 is 9.47 Å². The number of thioether (sulfide) groups is 1. The van der Waals surface area contributed by atoms with E-state index in [-0.39, 0.29) is 11.1 Å². The van der Waals surface area contributed by atoms with Gasteiger partial charge in [0.1, 0.15) is 11.5 Å². The van der Waals surface area contributed by atoms with Gasteiger partial charge in [0.15, 0.2) is 0 Å². The number of amides is 2. The monoisotopic (exact) mass is 369 g/mol. The molecule has 1 aliphatic heterocycles. The number of methoxy groups -OCH3 is 2. The average molecular weight is 369 g/mol. The summed E-state index contributed by atoms with van der Waals surface area (Å²) in [5.74, 6) is 0.632. The normalized spacial score (nSPS) is 15.7. The van der Waals surface area contributed by atoms with Crippen LogP contribution in [-0.4, -0.2) is 25.4 Å². The maximum atomic E-state index is 12.8. The van der Waals surface area contributed by atoms with Crippen molar-refractivity contribution >= 4 is 34.7 Å². The third-order valence-electron chi connectivity index (χ3n) is 4.11. The molecule has 6 heteroatoms. The van der Waals surface area contributed by atoms with Crippen molar-refractivity contribution in [2.24, 2.45) is 0 Å². The Hall–Kier alpha value is -2.73. The van der Waals surface area contributed by atoms with Gasteiger partial charge in [-0.2, -0.15) is 0 Å². The largest absolute Gasteiger partial charge is 0.497 e. The fourth-order valence-electron chi connectivity index (χ4n) is 2.65. The van der Waals surface area contributed by atoms with E-state index in [1.807, 2.05) is 24.3 Å². The Bertz CT molecular complexity index is 874. The molecule has 1 fully saturated rings. The van der Waals surface area contributed by atoms with Crippen LogP contribution < -0.4 is 14.4 Å². The van der Waals surface area contributed by atoms with E-state index in [0.717, 1.165) is 28.6 Å². The minimum atomic E-state index is -0.358. The van der Waals surface area contributed by atoms with Crippen LogP contribution in [0.3, 0.4) is 0 Å². The second kappa shape index (κ2) is 7.66. The molecule has 2 aromatic rings. The van der Waals surface area contributed by atoms with E-state index >= 15 is 0 Å². The highest BCUT2D eigenvalue weighted by Gasteiger charge is 2.37. The van der Waals surface area contributed by atoms with Crippen molar-refractivity contribution in [1.82, 2.24) is 0 Å². The molecule has 0 N–H and O–H groups in total. The Morgan fingerprint density at radius 2 is 1.77 bits per heavy atom. The van der Waals surface area contributed by atoms with E-state index < -0.39 is 0 Å². The highest BCUT2D eigenvalue weighted by atomic mass is 32.2. The third-order valence-corrected chi connectivity index (χ3v) is 4.98. The standard InChI is InChI=1S/C20H19NO4S/c1-4-13-5-7-14(8-6-13)11-18-19(22)21(20(23)26-18)16-10-9-15(24-2)12-17(16)25-3/h5-12H,4H2,1-3H3/b18-11-. The molecular formula is C20H19NO4S. The Balaban J connectivity index is 1.92. The summed E-state index contributed by atoms with van der Waals surface area (Å²) in [7, 11) is 3.03. The number of hydrogen-bond donors (Lipinski definition) is 0. The van der Waals surface area contributed by atoms with Crippen LogP contribution in [0.25, 0.3) is 6.08 Å². The number of aryl methyl sites for hydroxylation is 1. The second-order valence-electron chi connectivity index (χ2n) is 5.65. The molecule has 0 radical (unpaired) electrons. The number of anilines is 1. The van der Waals surface area contributed by atoms with Crippen molar-refractivity contribution in [3.05, 3.63) is 58.5 Å². The van der Waals surface area contributed by atoms with Gasteiger partial charge in [-0.25, -0.2) is 4.90 Å². The fraction of sp³-hybridized carbons (Fsp3) is 0.200. The predicted molar refractivity (Wildman–Crippen MR) is 104 cm³/mol. The number of imide groups is 1. The van der Waals surface area contributed by atoms with Gasteiger partial charge in [0.25, 0.3) is 11.1 Å². The summed E-state index contributed by atoms with van der Waals surface area (Å²) in [6.07, 6.45) is 2.69. The second-order valence-corrected chi connectivity index (χ2v) is 6.64. The zero-order valence-electron chi connectivity index (χ0n) is 14.8. The Labute approximate surface area is 156 Å². The zero-order valence-corrected chi connectivity index (χ0v) is 15.6. The molecule has 0 bridgehead atoms. The van der Waals surface area contributed by atoms with Crippen molar-refractivity contribution in [2.45, 2.75) is 13.3 Å². The lowest BCUT2D eigenvalue weighted by Crippen LogP contribution is -2.28. The van der Waals surface area contributed by atoms with Crippen molar-refractivity contribution in [1.29, 1.82) is 0 Å². The van der Waals surface area contributed by atoms with Crippen molar-refractivity contribution in [3.63, 3.8) is 0 Å². The Morgan fingerprint density at radius 1 is 1.04 bits per heavy atom. The average Bonchev–Trinajstić information content (AvgIpc) is 2.95. The summed E-state index contributed by atoms with van der Waals surface area (Å²) >= 11 is 0.922. The van der Waals surface area contributed by atoms with Crippen LogP contribution in [0.1, 0.15) is 18.1 Å². The number of carbonyl (C=O) groups is 2. The Morgan fingerprint density at radius 3 is 2.38 bits per heavy atom. The lowest BCUT2D eigenvalue weighted by Gasteiger charge is -2.16. The van der Waals surface area contributed by atoms with Gasteiger partial charge in [-0.3, -0.25) is 9.59 Å². The molecule has 5 nitrogen and oxygen atoms in total. The van der Waals surface area contributed by atoms with Crippen LogP contribution in [0.15, 0.2) is 47.4 Å². The van der Waals surface area contributed by atoms with Gasteiger partial charge >= 0.3 is 0 Å². The van der Waals surface area contributed by atoms with E-state index in [1.54, 1.807) is 31.4 Å². The Kier molecular flexibility index (Phi) is 5.32. The van der Waals surface area contributed by atoms with Crippen LogP contribution in [-0.2, 0) is 11.2 Å². The predicted octanol–water partition coefficient (Wildman–Crippen LogP) is 4.51. The molecule has 1 aliphatic rings. The molecule has 0 aromatic heterocycles. The number of ether oxygens (including phenoxy) is 2. The molecule has 2 amide bonds. The molecule has 0 aliphatic carbocycles. The van der Waals surface area contributed by atoms with E-state index in [4.69, 9.17) is 9.47 Å². The first-order valence-electron chi connectivity index (χ1n) is 8.16. The van der Waals surface area contributed by atoms with Crippen LogP contribution >= 0.6 is 11.8 Å². The summed E-state index contributed by atoms with van der Waals surface area (Å²) in [6.45, 7) is 2.09. The summed E-state index contributed by atoms with van der Waals surface area (Å²) in [5, 5.41) is -0.352. The molecule has 0 atom stereocenters. The van der Waals surface area contributed by atoms with Gasteiger partial charge in [0.2, 0.25) is 0 Å². The summed E-state index contributed by atoms with van der Waals surface area (Å²) < 4.78 is 10.5. The van der Waals surface area contributed by atoms with E-state index in [2.05, 4.69) is 6.92 Å². The molecule has 2 aromatic carbocycles. The smallest absolute Gasteiger partial charge is 0.298 e. The number of hydrogen-bond acceptors (Lipinski definition) is 5. The number of benzene rings is 2. The van der Waals surface area contributed by atoms with Crippen LogP contribution in [0.4, 0.5) is 10.5 Å². The molecule has 0 saturated carbocycles. The SMILES string of the molecule is CCc1ccc(/C=C2\SC(=O)N(c3ccc(OC)cc3OC)C2=O)cc1. The highest BCUT2D eigenvalue weighted by molar-refractivity contribution is 8.19.